The molecule has 1 fully saturated rings. The topological polar surface area (TPSA) is 92.6 Å². The van der Waals surface area contributed by atoms with Gasteiger partial charge in [-0.3, -0.25) is 4.79 Å². The molecule has 3 amide bonds. The molecule has 1 unspecified atom stereocenters. The number of ether oxygens (including phenoxy) is 1. The molecule has 4 rings (SSSR count). The van der Waals surface area contributed by atoms with Gasteiger partial charge in [-0.05, 0) is 36.5 Å². The van der Waals surface area contributed by atoms with Gasteiger partial charge in [-0.15, -0.1) is 5.10 Å². The fraction of sp³-hybridized carbons (Fsp3) is 0.565. The maximum Gasteiger partial charge on any atom is 0.317 e. The van der Waals surface area contributed by atoms with E-state index < -0.39 is 5.60 Å². The molecule has 1 spiro atoms. The number of piperidine rings is 1. The highest BCUT2D eigenvalue weighted by atomic mass is 16.5. The fourth-order valence-corrected chi connectivity index (χ4v) is 4.36. The third kappa shape index (κ3) is 4.48. The Kier molecular flexibility index (Phi) is 6.19. The summed E-state index contributed by atoms with van der Waals surface area (Å²) in [6.07, 6.45) is 1.75. The van der Waals surface area contributed by atoms with Crippen molar-refractivity contribution < 1.29 is 14.3 Å². The molecule has 32 heavy (non-hydrogen) atoms. The van der Waals surface area contributed by atoms with Gasteiger partial charge in [0.15, 0.2) is 0 Å². The average Bonchev–Trinajstić information content (AvgIpc) is 3.18. The van der Waals surface area contributed by atoms with E-state index in [2.05, 4.69) is 29.5 Å². The highest BCUT2D eigenvalue weighted by molar-refractivity contribution is 5.94. The van der Waals surface area contributed by atoms with E-state index in [1.807, 2.05) is 33.8 Å². The van der Waals surface area contributed by atoms with Crippen LogP contribution in [0.4, 0.5) is 4.79 Å². The molecular weight excluding hydrogens is 408 g/mol. The van der Waals surface area contributed by atoms with Crippen LogP contribution in [0.1, 0.15) is 59.9 Å². The Hall–Kier alpha value is -2.94. The number of hydrogen-bond donors (Lipinski definition) is 1. The number of urea groups is 1. The number of carbonyl (C=O) groups excluding carboxylic acids is 2. The first-order valence-corrected chi connectivity index (χ1v) is 11.2. The summed E-state index contributed by atoms with van der Waals surface area (Å²) in [5, 5.41) is 11.4. The molecule has 3 heterocycles. The van der Waals surface area contributed by atoms with Gasteiger partial charge in [0.1, 0.15) is 11.3 Å². The number of aromatic nitrogens is 3. The summed E-state index contributed by atoms with van der Waals surface area (Å²) in [7, 11) is 3.38. The summed E-state index contributed by atoms with van der Waals surface area (Å²) < 4.78 is 8.20. The second-order valence-corrected chi connectivity index (χ2v) is 9.27. The Bertz CT molecular complexity index is 984. The van der Waals surface area contributed by atoms with Crippen molar-refractivity contribution in [3.05, 3.63) is 46.8 Å². The summed E-state index contributed by atoms with van der Waals surface area (Å²) in [6.45, 7) is 6.76. The van der Waals surface area contributed by atoms with Crippen molar-refractivity contribution in [3.63, 3.8) is 0 Å². The molecule has 1 saturated heterocycles. The number of nitrogens with zero attached hydrogens (tertiary/aromatic N) is 5. The van der Waals surface area contributed by atoms with E-state index >= 15 is 0 Å². The van der Waals surface area contributed by atoms with Gasteiger partial charge in [0.2, 0.25) is 0 Å². The van der Waals surface area contributed by atoms with Crippen LogP contribution in [0.3, 0.4) is 0 Å². The van der Waals surface area contributed by atoms with E-state index in [0.29, 0.717) is 43.4 Å². The van der Waals surface area contributed by atoms with Gasteiger partial charge in [0, 0.05) is 26.2 Å². The number of fused-ring (bicyclic) bond motifs is 1. The predicted molar refractivity (Wildman–Crippen MR) is 119 cm³/mol. The van der Waals surface area contributed by atoms with Crippen molar-refractivity contribution in [3.8, 4) is 0 Å². The molecule has 1 atom stereocenters. The zero-order valence-corrected chi connectivity index (χ0v) is 19.3. The van der Waals surface area contributed by atoms with Gasteiger partial charge in [-0.2, -0.15) is 0 Å². The maximum absolute atomic E-state index is 13.2. The van der Waals surface area contributed by atoms with Crippen LogP contribution in [0.15, 0.2) is 24.3 Å². The van der Waals surface area contributed by atoms with Crippen LogP contribution in [0.25, 0.3) is 0 Å². The first kappa shape index (κ1) is 22.3. The highest BCUT2D eigenvalue weighted by Crippen LogP contribution is 2.33. The van der Waals surface area contributed by atoms with E-state index in [-0.39, 0.29) is 11.9 Å². The zero-order chi connectivity index (χ0) is 22.9. The van der Waals surface area contributed by atoms with Gasteiger partial charge in [-0.1, -0.05) is 31.2 Å². The Balaban J connectivity index is 1.43. The standard InChI is InChI=1S/C23H32N6O3/c1-16(2)17-6-8-18(9-7-17)21(30)28-11-5-10-23(14-28)15-29-20(13-32-23)19(25-26-29)12-24-22(31)27(3)4/h6-9,16H,5,10-15H2,1-4H3,(H,24,31). The Labute approximate surface area is 188 Å². The van der Waals surface area contributed by atoms with Crippen molar-refractivity contribution in [2.24, 2.45) is 0 Å². The van der Waals surface area contributed by atoms with Gasteiger partial charge >= 0.3 is 6.03 Å². The predicted octanol–water partition coefficient (Wildman–Crippen LogP) is 2.38. The van der Waals surface area contributed by atoms with Crippen LogP contribution in [0.2, 0.25) is 0 Å². The summed E-state index contributed by atoms with van der Waals surface area (Å²) >= 11 is 0. The quantitative estimate of drug-likeness (QED) is 0.788. The van der Waals surface area contributed by atoms with E-state index in [1.165, 1.54) is 10.5 Å². The number of likely N-dealkylation sites (tertiary alicyclic amines) is 1. The SMILES string of the molecule is CC(C)c1ccc(C(=O)N2CCCC3(C2)Cn2nnc(CNC(=O)N(C)C)c2CO3)cc1. The molecule has 0 radical (unpaired) electrons. The van der Waals surface area contributed by atoms with Crippen molar-refractivity contribution in [2.75, 3.05) is 27.2 Å². The third-order valence-electron chi connectivity index (χ3n) is 6.34. The molecule has 172 valence electrons. The minimum absolute atomic E-state index is 0.0412. The Morgan fingerprint density at radius 1 is 1.22 bits per heavy atom. The number of nitrogens with one attached hydrogen (secondary N) is 1. The van der Waals surface area contributed by atoms with E-state index in [1.54, 1.807) is 14.1 Å². The van der Waals surface area contributed by atoms with Gasteiger partial charge in [0.25, 0.3) is 5.91 Å². The van der Waals surface area contributed by atoms with Crippen LogP contribution >= 0.6 is 0 Å². The zero-order valence-electron chi connectivity index (χ0n) is 19.3. The van der Waals surface area contributed by atoms with Gasteiger partial charge in [-0.25, -0.2) is 9.48 Å². The number of rotatable bonds is 4. The molecule has 2 aromatic rings. The van der Waals surface area contributed by atoms with E-state index in [4.69, 9.17) is 4.74 Å². The molecule has 9 nitrogen and oxygen atoms in total. The Morgan fingerprint density at radius 3 is 2.66 bits per heavy atom. The molecule has 0 aliphatic carbocycles. The second kappa shape index (κ2) is 8.90. The summed E-state index contributed by atoms with van der Waals surface area (Å²) in [6, 6.07) is 7.73. The minimum atomic E-state index is -0.462. The Morgan fingerprint density at radius 2 is 1.97 bits per heavy atom. The second-order valence-electron chi connectivity index (χ2n) is 9.27. The lowest BCUT2D eigenvalue weighted by atomic mass is 9.90. The lowest BCUT2D eigenvalue weighted by Crippen LogP contribution is -2.55. The van der Waals surface area contributed by atoms with E-state index in [9.17, 15) is 9.59 Å². The number of benzene rings is 1. The van der Waals surface area contributed by atoms with Crippen LogP contribution in [-0.4, -0.2) is 69.5 Å². The lowest BCUT2D eigenvalue weighted by Gasteiger charge is -2.44. The molecule has 1 aromatic heterocycles. The maximum atomic E-state index is 13.2. The molecule has 0 saturated carbocycles. The average molecular weight is 441 g/mol. The smallest absolute Gasteiger partial charge is 0.317 e. The number of hydrogen-bond acceptors (Lipinski definition) is 5. The largest absolute Gasteiger partial charge is 0.365 e. The van der Waals surface area contributed by atoms with Gasteiger partial charge < -0.3 is 19.9 Å². The fourth-order valence-electron chi connectivity index (χ4n) is 4.36. The summed E-state index contributed by atoms with van der Waals surface area (Å²) in [5.74, 6) is 0.477. The normalized spacial score (nSPS) is 20.3. The molecule has 2 aliphatic rings. The van der Waals surface area contributed by atoms with E-state index in [0.717, 1.165) is 25.1 Å². The highest BCUT2D eigenvalue weighted by Gasteiger charge is 2.42. The molecular formula is C23H32N6O3. The van der Waals surface area contributed by atoms with Crippen LogP contribution in [0.5, 0.6) is 0 Å². The van der Waals surface area contributed by atoms with Crippen LogP contribution < -0.4 is 5.32 Å². The van der Waals surface area contributed by atoms with Crippen molar-refractivity contribution in [1.29, 1.82) is 0 Å². The first-order valence-electron chi connectivity index (χ1n) is 11.2. The van der Waals surface area contributed by atoms with Crippen molar-refractivity contribution >= 4 is 11.9 Å². The number of amides is 3. The third-order valence-corrected chi connectivity index (χ3v) is 6.34. The molecule has 2 aliphatic heterocycles. The monoisotopic (exact) mass is 440 g/mol. The summed E-state index contributed by atoms with van der Waals surface area (Å²) in [5.41, 5.74) is 3.06. The van der Waals surface area contributed by atoms with Crippen LogP contribution in [-0.2, 0) is 24.4 Å². The molecule has 1 aromatic carbocycles. The molecule has 1 N–H and O–H groups in total. The van der Waals surface area contributed by atoms with Crippen LogP contribution in [0, 0.1) is 0 Å². The molecule has 9 heteroatoms. The lowest BCUT2D eigenvalue weighted by molar-refractivity contribution is -0.122. The molecule has 0 bridgehead atoms. The van der Waals surface area contributed by atoms with Crippen molar-refractivity contribution in [2.45, 2.75) is 57.9 Å². The summed E-state index contributed by atoms with van der Waals surface area (Å²) in [4.78, 5) is 28.3. The minimum Gasteiger partial charge on any atom is -0.365 e. The first-order chi connectivity index (χ1) is 15.3. The van der Waals surface area contributed by atoms with Crippen molar-refractivity contribution in [1.82, 2.24) is 30.1 Å². The number of carbonyl (C=O) groups is 2. The van der Waals surface area contributed by atoms with Gasteiger partial charge in [0.05, 0.1) is 31.9 Å².